The largest absolute Gasteiger partial charge is 0.423 e. The Morgan fingerprint density at radius 3 is 2.19 bits per heavy atom. The van der Waals surface area contributed by atoms with Crippen molar-refractivity contribution in [2.24, 2.45) is 0 Å². The minimum atomic E-state index is -0.441. The number of hydrogen-bond acceptors (Lipinski definition) is 3. The van der Waals surface area contributed by atoms with Crippen LogP contribution in [0.25, 0.3) is 6.08 Å². The van der Waals surface area contributed by atoms with Gasteiger partial charge in [0, 0.05) is 11.6 Å². The van der Waals surface area contributed by atoms with Crippen LogP contribution in [0, 0.1) is 0 Å². The second-order valence-electron chi connectivity index (χ2n) is 6.35. The highest BCUT2D eigenvalue weighted by Gasteiger charge is 2.01. The molecular formula is C23H26O3. The van der Waals surface area contributed by atoms with Gasteiger partial charge in [-0.15, -0.1) is 0 Å². The van der Waals surface area contributed by atoms with Crippen LogP contribution in [0.2, 0.25) is 0 Å². The molecule has 0 spiro atoms. The smallest absolute Gasteiger partial charge is 0.336 e. The summed E-state index contributed by atoms with van der Waals surface area (Å²) < 4.78 is 5.20. The summed E-state index contributed by atoms with van der Waals surface area (Å²) in [5, 5.41) is 0. The highest BCUT2D eigenvalue weighted by Crippen LogP contribution is 2.13. The fourth-order valence-corrected chi connectivity index (χ4v) is 2.66. The molecule has 3 nitrogen and oxygen atoms in total. The number of carbonyl (C=O) groups excluding carboxylic acids is 2. The Balaban J connectivity index is 1.79. The van der Waals surface area contributed by atoms with Gasteiger partial charge in [0.1, 0.15) is 12.0 Å². The van der Waals surface area contributed by atoms with Crippen LogP contribution in [0.3, 0.4) is 0 Å². The lowest BCUT2D eigenvalue weighted by Crippen LogP contribution is -2.03. The van der Waals surface area contributed by atoms with Gasteiger partial charge in [-0.1, -0.05) is 56.9 Å². The van der Waals surface area contributed by atoms with Crippen molar-refractivity contribution in [1.82, 2.24) is 0 Å². The zero-order valence-electron chi connectivity index (χ0n) is 15.3. The topological polar surface area (TPSA) is 43.4 Å². The first-order valence-corrected chi connectivity index (χ1v) is 9.25. The monoisotopic (exact) mass is 350 g/mol. The van der Waals surface area contributed by atoms with Gasteiger partial charge >= 0.3 is 5.97 Å². The molecule has 0 bridgehead atoms. The molecular weight excluding hydrogens is 324 g/mol. The molecule has 0 aliphatic rings. The van der Waals surface area contributed by atoms with E-state index in [-0.39, 0.29) is 0 Å². The highest BCUT2D eigenvalue weighted by molar-refractivity contribution is 5.88. The van der Waals surface area contributed by atoms with Crippen LogP contribution < -0.4 is 4.74 Å². The number of unbranched alkanes of at least 4 members (excludes halogenated alkanes) is 4. The molecule has 0 N–H and O–H groups in total. The Morgan fingerprint density at radius 2 is 1.54 bits per heavy atom. The van der Waals surface area contributed by atoms with Crippen molar-refractivity contribution in [3.63, 3.8) is 0 Å². The van der Waals surface area contributed by atoms with Gasteiger partial charge in [-0.3, -0.25) is 4.79 Å². The molecule has 0 atom stereocenters. The van der Waals surface area contributed by atoms with Gasteiger partial charge in [0.05, 0.1) is 0 Å². The third-order valence-corrected chi connectivity index (χ3v) is 4.20. The van der Waals surface area contributed by atoms with E-state index in [1.54, 1.807) is 30.3 Å². The molecule has 0 aromatic heterocycles. The first-order valence-electron chi connectivity index (χ1n) is 9.25. The second kappa shape index (κ2) is 11.0. The van der Waals surface area contributed by atoms with E-state index in [2.05, 4.69) is 19.1 Å². The van der Waals surface area contributed by atoms with E-state index in [0.717, 1.165) is 18.3 Å². The summed E-state index contributed by atoms with van der Waals surface area (Å²) in [5.74, 6) is -0.0208. The number of aldehydes is 1. The molecule has 0 fully saturated rings. The number of ether oxygens (including phenoxy) is 1. The lowest BCUT2D eigenvalue weighted by atomic mass is 10.0. The van der Waals surface area contributed by atoms with Gasteiger partial charge in [0.2, 0.25) is 0 Å². The maximum atomic E-state index is 11.9. The summed E-state index contributed by atoms with van der Waals surface area (Å²) in [5.41, 5.74) is 2.84. The Bertz CT molecular complexity index is 712. The van der Waals surface area contributed by atoms with E-state index in [9.17, 15) is 9.59 Å². The van der Waals surface area contributed by atoms with Crippen molar-refractivity contribution in [2.75, 3.05) is 0 Å². The number of esters is 1. The standard InChI is InChI=1S/C23H26O3/c1-2-3-4-5-6-7-19-8-10-20(11-9-19)14-17-23(25)26-22-15-12-21(18-24)13-16-22/h8-18H,2-7H2,1H3. The number of hydrogen-bond donors (Lipinski definition) is 0. The van der Waals surface area contributed by atoms with Crippen molar-refractivity contribution >= 4 is 18.3 Å². The fourth-order valence-electron chi connectivity index (χ4n) is 2.66. The fraction of sp³-hybridized carbons (Fsp3) is 0.304. The number of rotatable bonds is 10. The zero-order valence-corrected chi connectivity index (χ0v) is 15.3. The van der Waals surface area contributed by atoms with E-state index in [0.29, 0.717) is 11.3 Å². The quantitative estimate of drug-likeness (QED) is 0.183. The van der Waals surface area contributed by atoms with E-state index >= 15 is 0 Å². The highest BCUT2D eigenvalue weighted by atomic mass is 16.5. The Morgan fingerprint density at radius 1 is 0.885 bits per heavy atom. The van der Waals surface area contributed by atoms with Crippen LogP contribution >= 0.6 is 0 Å². The average Bonchev–Trinajstić information content (AvgIpc) is 2.68. The zero-order chi connectivity index (χ0) is 18.6. The molecule has 0 aliphatic heterocycles. The lowest BCUT2D eigenvalue weighted by Gasteiger charge is -2.03. The summed E-state index contributed by atoms with van der Waals surface area (Å²) in [6.45, 7) is 2.23. The SMILES string of the molecule is CCCCCCCc1ccc(C=CC(=O)Oc2ccc(C=O)cc2)cc1. The number of carbonyl (C=O) groups is 2. The molecule has 136 valence electrons. The molecule has 3 heteroatoms. The van der Waals surface area contributed by atoms with Crippen molar-refractivity contribution in [3.8, 4) is 5.75 Å². The van der Waals surface area contributed by atoms with Crippen LogP contribution in [0.15, 0.2) is 54.6 Å². The van der Waals surface area contributed by atoms with E-state index in [4.69, 9.17) is 4.74 Å². The van der Waals surface area contributed by atoms with Crippen LogP contribution in [-0.4, -0.2) is 12.3 Å². The summed E-state index contributed by atoms with van der Waals surface area (Å²) in [6.07, 6.45) is 11.4. The Labute approximate surface area is 155 Å². The Hall–Kier alpha value is -2.68. The van der Waals surface area contributed by atoms with Crippen molar-refractivity contribution in [2.45, 2.75) is 45.4 Å². The molecule has 2 aromatic carbocycles. The molecule has 26 heavy (non-hydrogen) atoms. The molecule has 0 amide bonds. The van der Waals surface area contributed by atoms with E-state index in [1.807, 2.05) is 12.1 Å². The van der Waals surface area contributed by atoms with Gasteiger partial charge in [0.25, 0.3) is 0 Å². The summed E-state index contributed by atoms with van der Waals surface area (Å²) >= 11 is 0. The van der Waals surface area contributed by atoms with Gasteiger partial charge in [-0.25, -0.2) is 4.79 Å². The van der Waals surface area contributed by atoms with Crippen molar-refractivity contribution < 1.29 is 14.3 Å². The summed E-state index contributed by atoms with van der Waals surface area (Å²) in [4.78, 5) is 22.5. The first kappa shape index (κ1) is 19.6. The van der Waals surface area contributed by atoms with Gasteiger partial charge < -0.3 is 4.74 Å². The normalized spacial score (nSPS) is 10.8. The maximum absolute atomic E-state index is 11.9. The molecule has 0 radical (unpaired) electrons. The summed E-state index contributed by atoms with van der Waals surface area (Å²) in [6, 6.07) is 14.7. The molecule has 0 saturated heterocycles. The predicted molar refractivity (Wildman–Crippen MR) is 105 cm³/mol. The third kappa shape index (κ3) is 7.06. The minimum Gasteiger partial charge on any atom is -0.423 e. The lowest BCUT2D eigenvalue weighted by molar-refractivity contribution is -0.128. The van der Waals surface area contributed by atoms with Gasteiger partial charge in [-0.05, 0) is 54.3 Å². The Kier molecular flexibility index (Phi) is 8.34. The van der Waals surface area contributed by atoms with Gasteiger partial charge in [-0.2, -0.15) is 0 Å². The van der Waals surface area contributed by atoms with Crippen LogP contribution in [0.1, 0.15) is 60.5 Å². The molecule has 0 unspecified atom stereocenters. The second-order valence-corrected chi connectivity index (χ2v) is 6.35. The van der Waals surface area contributed by atoms with Crippen LogP contribution in [-0.2, 0) is 11.2 Å². The third-order valence-electron chi connectivity index (χ3n) is 4.20. The molecule has 2 aromatic rings. The van der Waals surface area contributed by atoms with Crippen LogP contribution in [0.4, 0.5) is 0 Å². The molecule has 0 aliphatic carbocycles. The average molecular weight is 350 g/mol. The van der Waals surface area contributed by atoms with Crippen molar-refractivity contribution in [3.05, 3.63) is 71.3 Å². The van der Waals surface area contributed by atoms with Gasteiger partial charge in [0.15, 0.2) is 0 Å². The van der Waals surface area contributed by atoms with E-state index < -0.39 is 5.97 Å². The first-order chi connectivity index (χ1) is 12.7. The molecule has 0 heterocycles. The number of aryl methyl sites for hydroxylation is 1. The van der Waals surface area contributed by atoms with Crippen LogP contribution in [0.5, 0.6) is 5.75 Å². The number of benzene rings is 2. The van der Waals surface area contributed by atoms with E-state index in [1.165, 1.54) is 43.7 Å². The molecule has 0 saturated carbocycles. The molecule has 2 rings (SSSR count). The maximum Gasteiger partial charge on any atom is 0.336 e. The summed E-state index contributed by atoms with van der Waals surface area (Å²) in [7, 11) is 0. The predicted octanol–water partition coefficient (Wildman–Crippen LogP) is 5.63. The van der Waals surface area contributed by atoms with Crippen molar-refractivity contribution in [1.29, 1.82) is 0 Å². The minimum absolute atomic E-state index is 0.420.